The van der Waals surface area contributed by atoms with Gasteiger partial charge in [-0.15, -0.1) is 0 Å². The zero-order chi connectivity index (χ0) is 16.6. The predicted octanol–water partition coefficient (Wildman–Crippen LogP) is 3.46. The maximum atomic E-state index is 12.2. The molecule has 1 heterocycles. The van der Waals surface area contributed by atoms with E-state index >= 15 is 0 Å². The molecule has 130 valence electrons. The van der Waals surface area contributed by atoms with Crippen LogP contribution in [0.5, 0.6) is 0 Å². The smallest absolute Gasteiger partial charge is 0.222 e. The summed E-state index contributed by atoms with van der Waals surface area (Å²) >= 11 is 0. The second-order valence-corrected chi connectivity index (χ2v) is 9.67. The Morgan fingerprint density at radius 1 is 1.09 bits per heavy atom. The third-order valence-corrected chi connectivity index (χ3v) is 8.88. The van der Waals surface area contributed by atoms with E-state index in [1.807, 2.05) is 7.05 Å². The van der Waals surface area contributed by atoms with Crippen LogP contribution in [-0.2, 0) is 4.79 Å². The molecule has 3 nitrogen and oxygen atoms in total. The molecule has 0 bridgehead atoms. The van der Waals surface area contributed by atoms with Crippen molar-refractivity contribution in [2.75, 3.05) is 7.05 Å². The topological polar surface area (TPSA) is 40.5 Å². The van der Waals surface area contributed by atoms with Crippen molar-refractivity contribution in [3.8, 4) is 0 Å². The SMILES string of the molecule is C[C@H]1CC2N(C)C(=O)CC[C@]2(C)[C@H]2CC[C@]3(C)[C@@H](O)CC[C@H]3[C@H]12. The van der Waals surface area contributed by atoms with E-state index in [4.69, 9.17) is 0 Å². The van der Waals surface area contributed by atoms with Crippen molar-refractivity contribution >= 4 is 5.91 Å². The molecule has 23 heavy (non-hydrogen) atoms. The van der Waals surface area contributed by atoms with E-state index < -0.39 is 0 Å². The largest absolute Gasteiger partial charge is 0.393 e. The van der Waals surface area contributed by atoms with Gasteiger partial charge in [0.25, 0.3) is 0 Å². The summed E-state index contributed by atoms with van der Waals surface area (Å²) < 4.78 is 0. The molecule has 1 amide bonds. The lowest BCUT2D eigenvalue weighted by Crippen LogP contribution is -2.63. The van der Waals surface area contributed by atoms with Gasteiger partial charge in [-0.1, -0.05) is 20.8 Å². The Kier molecular flexibility index (Phi) is 3.44. The number of likely N-dealkylation sites (tertiary alicyclic amines) is 1. The average molecular weight is 319 g/mol. The number of aliphatic hydroxyl groups excluding tert-OH is 1. The molecule has 3 heteroatoms. The number of amides is 1. The zero-order valence-corrected chi connectivity index (χ0v) is 15.2. The molecule has 3 aliphatic carbocycles. The minimum absolute atomic E-state index is 0.0956. The van der Waals surface area contributed by atoms with E-state index in [0.717, 1.165) is 37.5 Å². The molecule has 4 rings (SSSR count). The van der Waals surface area contributed by atoms with Gasteiger partial charge >= 0.3 is 0 Å². The zero-order valence-electron chi connectivity index (χ0n) is 15.2. The molecule has 0 radical (unpaired) electrons. The molecule has 8 atom stereocenters. The fourth-order valence-corrected chi connectivity index (χ4v) is 7.43. The third-order valence-electron chi connectivity index (χ3n) is 8.88. The molecule has 1 aliphatic heterocycles. The molecular weight excluding hydrogens is 286 g/mol. The number of piperidine rings is 1. The third kappa shape index (κ3) is 1.95. The molecule has 1 N–H and O–H groups in total. The molecule has 3 saturated carbocycles. The van der Waals surface area contributed by atoms with Crippen LogP contribution in [0.3, 0.4) is 0 Å². The molecule has 0 spiro atoms. The van der Waals surface area contributed by atoms with Crippen molar-refractivity contribution in [2.24, 2.45) is 34.5 Å². The summed E-state index contributed by atoms with van der Waals surface area (Å²) in [5, 5.41) is 10.6. The summed E-state index contributed by atoms with van der Waals surface area (Å²) in [6.45, 7) is 7.24. The minimum atomic E-state index is -0.0956. The molecule has 0 aromatic heterocycles. The van der Waals surface area contributed by atoms with Crippen LogP contribution in [0.4, 0.5) is 0 Å². The van der Waals surface area contributed by atoms with E-state index in [2.05, 4.69) is 25.7 Å². The van der Waals surface area contributed by atoms with Gasteiger partial charge in [-0.2, -0.15) is 0 Å². The maximum absolute atomic E-state index is 12.2. The van der Waals surface area contributed by atoms with E-state index in [9.17, 15) is 9.90 Å². The van der Waals surface area contributed by atoms with Crippen LogP contribution in [0.2, 0.25) is 0 Å². The van der Waals surface area contributed by atoms with Crippen molar-refractivity contribution in [3.63, 3.8) is 0 Å². The van der Waals surface area contributed by atoms with E-state index in [-0.39, 0.29) is 16.9 Å². The molecular formula is C20H33NO2. The number of carbonyl (C=O) groups is 1. The second kappa shape index (κ2) is 4.97. The first-order valence-electron chi connectivity index (χ1n) is 9.73. The highest BCUT2D eigenvalue weighted by atomic mass is 16.3. The van der Waals surface area contributed by atoms with Crippen LogP contribution in [0.15, 0.2) is 0 Å². The number of aliphatic hydroxyl groups is 1. The Labute approximate surface area is 140 Å². The fraction of sp³-hybridized carbons (Fsp3) is 0.950. The normalized spacial score (nSPS) is 56.0. The fourth-order valence-electron chi connectivity index (χ4n) is 7.43. The van der Waals surface area contributed by atoms with E-state index in [1.54, 1.807) is 0 Å². The molecule has 1 unspecified atom stereocenters. The Hall–Kier alpha value is -0.570. The van der Waals surface area contributed by atoms with Crippen LogP contribution >= 0.6 is 0 Å². The Morgan fingerprint density at radius 2 is 1.78 bits per heavy atom. The highest BCUT2D eigenvalue weighted by Gasteiger charge is 2.62. The monoisotopic (exact) mass is 319 g/mol. The summed E-state index contributed by atoms with van der Waals surface area (Å²) in [6, 6.07) is 0.427. The Balaban J connectivity index is 1.70. The van der Waals surface area contributed by atoms with Crippen LogP contribution in [0.1, 0.15) is 65.7 Å². The lowest BCUT2D eigenvalue weighted by molar-refractivity contribution is -0.168. The van der Waals surface area contributed by atoms with Gasteiger partial charge in [0, 0.05) is 19.5 Å². The van der Waals surface area contributed by atoms with Crippen molar-refractivity contribution in [1.82, 2.24) is 4.90 Å². The first-order valence-corrected chi connectivity index (χ1v) is 9.73. The number of rotatable bonds is 0. The first kappa shape index (κ1) is 15.9. The summed E-state index contributed by atoms with van der Waals surface area (Å²) in [7, 11) is 2.03. The Bertz CT molecular complexity index is 520. The second-order valence-electron chi connectivity index (χ2n) is 9.67. The molecule has 0 aromatic rings. The predicted molar refractivity (Wildman–Crippen MR) is 90.7 cm³/mol. The Morgan fingerprint density at radius 3 is 2.52 bits per heavy atom. The summed E-state index contributed by atoms with van der Waals surface area (Å²) in [5.41, 5.74) is 0.434. The lowest BCUT2D eigenvalue weighted by Gasteiger charge is -2.63. The van der Waals surface area contributed by atoms with Crippen LogP contribution in [0.25, 0.3) is 0 Å². The van der Waals surface area contributed by atoms with Gasteiger partial charge in [-0.25, -0.2) is 0 Å². The summed E-state index contributed by atoms with van der Waals surface area (Å²) in [4.78, 5) is 14.3. The standard InChI is InChI=1S/C20H33NO2/c1-12-11-15-19(2,10-8-17(23)21(15)4)14-7-9-20(3)13(18(12)14)5-6-16(20)22/h12-16,18,22H,5-11H2,1-4H3/t12-,13-,14-,15?,16-,18-,19+,20-/m0/s1. The molecule has 0 aromatic carbocycles. The first-order chi connectivity index (χ1) is 10.8. The minimum Gasteiger partial charge on any atom is -0.393 e. The van der Waals surface area contributed by atoms with E-state index in [0.29, 0.717) is 23.8 Å². The highest BCUT2D eigenvalue weighted by Crippen LogP contribution is 2.65. The number of fused-ring (bicyclic) bond motifs is 5. The molecule has 1 saturated heterocycles. The average Bonchev–Trinajstić information content (AvgIpc) is 2.82. The lowest BCUT2D eigenvalue weighted by atomic mass is 9.45. The molecule has 4 fully saturated rings. The number of nitrogens with zero attached hydrogens (tertiary/aromatic N) is 1. The van der Waals surface area contributed by atoms with Crippen molar-refractivity contribution in [2.45, 2.75) is 77.9 Å². The van der Waals surface area contributed by atoms with Gasteiger partial charge in [-0.05, 0) is 73.0 Å². The van der Waals surface area contributed by atoms with Gasteiger partial charge in [0.05, 0.1) is 6.10 Å². The van der Waals surface area contributed by atoms with Gasteiger partial charge in [0.1, 0.15) is 0 Å². The van der Waals surface area contributed by atoms with Gasteiger partial charge in [0.15, 0.2) is 0 Å². The quantitative estimate of drug-likeness (QED) is 0.743. The number of hydrogen-bond acceptors (Lipinski definition) is 2. The molecule has 4 aliphatic rings. The summed E-state index contributed by atoms with van der Waals surface area (Å²) in [5.74, 6) is 3.17. The van der Waals surface area contributed by atoms with Crippen LogP contribution < -0.4 is 0 Å². The summed E-state index contributed by atoms with van der Waals surface area (Å²) in [6.07, 6.45) is 7.48. The van der Waals surface area contributed by atoms with Gasteiger partial charge in [-0.3, -0.25) is 4.79 Å². The van der Waals surface area contributed by atoms with Gasteiger partial charge < -0.3 is 10.0 Å². The van der Waals surface area contributed by atoms with Crippen LogP contribution in [-0.4, -0.2) is 35.1 Å². The number of hydrogen-bond donors (Lipinski definition) is 1. The maximum Gasteiger partial charge on any atom is 0.222 e. The van der Waals surface area contributed by atoms with Crippen molar-refractivity contribution < 1.29 is 9.90 Å². The number of carbonyl (C=O) groups excluding carboxylic acids is 1. The van der Waals surface area contributed by atoms with E-state index in [1.165, 1.54) is 19.3 Å². The van der Waals surface area contributed by atoms with Gasteiger partial charge in [0.2, 0.25) is 5.91 Å². The van der Waals surface area contributed by atoms with Crippen molar-refractivity contribution in [3.05, 3.63) is 0 Å². The van der Waals surface area contributed by atoms with Crippen LogP contribution in [0, 0.1) is 34.5 Å². The van der Waals surface area contributed by atoms with Crippen molar-refractivity contribution in [1.29, 1.82) is 0 Å². The highest BCUT2D eigenvalue weighted by molar-refractivity contribution is 5.77.